The number of nitrogens with zero attached hydrogens (tertiary/aromatic N) is 2. The second-order valence-corrected chi connectivity index (χ2v) is 6.67. The fourth-order valence-electron chi connectivity index (χ4n) is 1.89. The van der Waals surface area contributed by atoms with Crippen molar-refractivity contribution in [1.82, 2.24) is 9.88 Å². The van der Waals surface area contributed by atoms with Gasteiger partial charge in [-0.15, -0.1) is 11.3 Å². The van der Waals surface area contributed by atoms with Gasteiger partial charge in [-0.1, -0.05) is 0 Å². The van der Waals surface area contributed by atoms with Crippen molar-refractivity contribution in [3.05, 3.63) is 14.1 Å². The van der Waals surface area contributed by atoms with Crippen molar-refractivity contribution in [2.45, 2.75) is 38.9 Å². The largest absolute Gasteiger partial charge is 0.291 e. The van der Waals surface area contributed by atoms with E-state index in [4.69, 9.17) is 0 Å². The van der Waals surface area contributed by atoms with Crippen LogP contribution in [0.25, 0.3) is 0 Å². The molecule has 1 aliphatic rings. The fourth-order valence-corrected chi connectivity index (χ4v) is 3.44. The average Bonchev–Trinajstić information content (AvgIpc) is 2.48. The van der Waals surface area contributed by atoms with Crippen molar-refractivity contribution in [2.75, 3.05) is 0 Å². The van der Waals surface area contributed by atoms with Crippen LogP contribution < -0.4 is 0 Å². The van der Waals surface area contributed by atoms with Crippen LogP contribution in [-0.2, 0) is 6.54 Å². The maximum atomic E-state index is 4.38. The first-order valence-corrected chi connectivity index (χ1v) is 6.42. The Labute approximate surface area is 96.5 Å². The molecule has 1 aliphatic heterocycles. The Hall–Kier alpha value is 0.320. The van der Waals surface area contributed by atoms with Crippen LogP contribution in [0.1, 0.15) is 25.3 Å². The molecule has 72 valence electrons. The molecule has 1 saturated heterocycles. The van der Waals surface area contributed by atoms with E-state index in [2.05, 4.69) is 46.3 Å². The van der Waals surface area contributed by atoms with E-state index >= 15 is 0 Å². The Morgan fingerprint density at radius 1 is 1.62 bits per heavy atom. The third-order valence-corrected chi connectivity index (χ3v) is 4.37. The van der Waals surface area contributed by atoms with Gasteiger partial charge in [0.05, 0.1) is 15.6 Å². The highest BCUT2D eigenvalue weighted by Crippen LogP contribution is 2.28. The molecule has 2 heterocycles. The van der Waals surface area contributed by atoms with Gasteiger partial charge in [0.25, 0.3) is 0 Å². The lowest BCUT2D eigenvalue weighted by molar-refractivity contribution is 0.0295. The molecule has 0 aromatic carbocycles. The molecular weight excluding hydrogens is 295 g/mol. The molecular formula is C9H13IN2S. The predicted octanol–water partition coefficient (Wildman–Crippen LogP) is 2.73. The molecule has 0 bridgehead atoms. The number of rotatable bonds is 2. The quantitative estimate of drug-likeness (QED) is 0.781. The van der Waals surface area contributed by atoms with Crippen molar-refractivity contribution in [3.63, 3.8) is 0 Å². The van der Waals surface area contributed by atoms with Crippen LogP contribution in [0.15, 0.2) is 6.20 Å². The van der Waals surface area contributed by atoms with Crippen molar-refractivity contribution in [3.8, 4) is 0 Å². The van der Waals surface area contributed by atoms with Gasteiger partial charge in [0, 0.05) is 12.1 Å². The molecule has 2 atom stereocenters. The summed E-state index contributed by atoms with van der Waals surface area (Å²) in [6, 6.07) is 1.49. The molecule has 0 radical (unpaired) electrons. The van der Waals surface area contributed by atoms with Crippen LogP contribution in [-0.4, -0.2) is 22.0 Å². The molecule has 4 heteroatoms. The van der Waals surface area contributed by atoms with Crippen molar-refractivity contribution >= 4 is 33.9 Å². The number of likely N-dealkylation sites (tertiary alicyclic amines) is 1. The second kappa shape index (κ2) is 3.82. The summed E-state index contributed by atoms with van der Waals surface area (Å²) in [4.78, 5) is 6.88. The third-order valence-electron chi connectivity index (χ3n) is 2.66. The van der Waals surface area contributed by atoms with Gasteiger partial charge in [0.2, 0.25) is 0 Å². The van der Waals surface area contributed by atoms with Crippen LogP contribution in [0.3, 0.4) is 0 Å². The fraction of sp³-hybridized carbons (Fsp3) is 0.667. The smallest absolute Gasteiger partial charge is 0.108 e. The summed E-state index contributed by atoms with van der Waals surface area (Å²) in [5.74, 6) is 0. The summed E-state index contributed by atoms with van der Waals surface area (Å²) in [6.07, 6.45) is 3.29. The second-order valence-electron chi connectivity index (χ2n) is 3.66. The standard InChI is InChI=1S/C9H13IN2S/c1-6-3-7(2)12(6)5-9-11-4-8(10)13-9/h4,6-7H,3,5H2,1-2H3. The monoisotopic (exact) mass is 308 g/mol. The Morgan fingerprint density at radius 3 is 2.77 bits per heavy atom. The zero-order valence-corrected chi connectivity index (χ0v) is 10.8. The van der Waals surface area contributed by atoms with Gasteiger partial charge in [-0.25, -0.2) is 4.98 Å². The average molecular weight is 308 g/mol. The van der Waals surface area contributed by atoms with Crippen molar-refractivity contribution in [2.24, 2.45) is 0 Å². The lowest BCUT2D eigenvalue weighted by Gasteiger charge is -2.45. The normalized spacial score (nSPS) is 28.8. The van der Waals surface area contributed by atoms with E-state index in [1.54, 1.807) is 11.3 Å². The van der Waals surface area contributed by atoms with E-state index in [-0.39, 0.29) is 0 Å². The lowest BCUT2D eigenvalue weighted by Crippen LogP contribution is -2.51. The van der Waals surface area contributed by atoms with E-state index in [1.165, 1.54) is 14.3 Å². The van der Waals surface area contributed by atoms with Crippen LogP contribution in [0.5, 0.6) is 0 Å². The number of hydrogen-bond acceptors (Lipinski definition) is 3. The van der Waals surface area contributed by atoms with Gasteiger partial charge >= 0.3 is 0 Å². The summed E-state index contributed by atoms with van der Waals surface area (Å²) in [5.41, 5.74) is 0. The number of hydrogen-bond donors (Lipinski definition) is 0. The van der Waals surface area contributed by atoms with Crippen molar-refractivity contribution < 1.29 is 0 Å². The molecule has 1 aromatic rings. The molecule has 1 aromatic heterocycles. The Bertz CT molecular complexity index is 292. The maximum Gasteiger partial charge on any atom is 0.108 e. The molecule has 0 spiro atoms. The highest BCUT2D eigenvalue weighted by Gasteiger charge is 2.31. The van der Waals surface area contributed by atoms with E-state index in [9.17, 15) is 0 Å². The van der Waals surface area contributed by atoms with Gasteiger partial charge in [-0.2, -0.15) is 0 Å². The van der Waals surface area contributed by atoms with Crippen LogP contribution in [0, 0.1) is 2.88 Å². The van der Waals surface area contributed by atoms with E-state index in [0.29, 0.717) is 0 Å². The summed E-state index contributed by atoms with van der Waals surface area (Å²) >= 11 is 4.13. The maximum absolute atomic E-state index is 4.38. The molecule has 0 amide bonds. The predicted molar refractivity (Wildman–Crippen MR) is 63.9 cm³/mol. The number of thiazole rings is 1. The number of aromatic nitrogens is 1. The zero-order chi connectivity index (χ0) is 9.42. The van der Waals surface area contributed by atoms with Gasteiger partial charge < -0.3 is 0 Å². The molecule has 2 rings (SSSR count). The Morgan fingerprint density at radius 2 is 2.31 bits per heavy atom. The SMILES string of the molecule is CC1CC(C)N1Cc1ncc(I)s1. The minimum absolute atomic E-state index is 0.747. The summed E-state index contributed by atoms with van der Waals surface area (Å²) in [5, 5.41) is 1.25. The van der Waals surface area contributed by atoms with Gasteiger partial charge in [0.1, 0.15) is 5.01 Å². The van der Waals surface area contributed by atoms with E-state index in [0.717, 1.165) is 18.6 Å². The summed E-state index contributed by atoms with van der Waals surface area (Å²) < 4.78 is 1.29. The lowest BCUT2D eigenvalue weighted by atomic mass is 9.96. The van der Waals surface area contributed by atoms with E-state index in [1.807, 2.05) is 6.20 Å². The zero-order valence-electron chi connectivity index (χ0n) is 7.83. The molecule has 2 nitrogen and oxygen atoms in total. The van der Waals surface area contributed by atoms with Crippen LogP contribution >= 0.6 is 33.9 Å². The first-order chi connectivity index (χ1) is 6.16. The molecule has 0 saturated carbocycles. The Balaban J connectivity index is 1.98. The molecule has 0 N–H and O–H groups in total. The van der Waals surface area contributed by atoms with Crippen LogP contribution in [0.4, 0.5) is 0 Å². The molecule has 2 unspecified atom stereocenters. The van der Waals surface area contributed by atoms with Gasteiger partial charge in [0.15, 0.2) is 0 Å². The minimum Gasteiger partial charge on any atom is -0.291 e. The van der Waals surface area contributed by atoms with Crippen LogP contribution in [0.2, 0.25) is 0 Å². The molecule has 13 heavy (non-hydrogen) atoms. The van der Waals surface area contributed by atoms with Crippen molar-refractivity contribution in [1.29, 1.82) is 0 Å². The van der Waals surface area contributed by atoms with E-state index < -0.39 is 0 Å². The highest BCUT2D eigenvalue weighted by molar-refractivity contribution is 14.1. The summed E-state index contributed by atoms with van der Waals surface area (Å²) in [7, 11) is 0. The highest BCUT2D eigenvalue weighted by atomic mass is 127. The third kappa shape index (κ3) is 2.05. The van der Waals surface area contributed by atoms with Gasteiger partial charge in [-0.3, -0.25) is 4.90 Å². The number of halogens is 1. The Kier molecular flexibility index (Phi) is 2.90. The summed E-state index contributed by atoms with van der Waals surface area (Å²) in [6.45, 7) is 5.62. The topological polar surface area (TPSA) is 16.1 Å². The first-order valence-electron chi connectivity index (χ1n) is 4.53. The first kappa shape index (κ1) is 9.86. The molecule has 1 fully saturated rings. The minimum atomic E-state index is 0.747. The molecule has 0 aliphatic carbocycles. The van der Waals surface area contributed by atoms with Gasteiger partial charge in [-0.05, 0) is 42.9 Å².